The van der Waals surface area contributed by atoms with Crippen LogP contribution in [0.3, 0.4) is 0 Å². The number of rotatable bonds is 5. The summed E-state index contributed by atoms with van der Waals surface area (Å²) in [6.07, 6.45) is 1.54. The minimum Gasteiger partial charge on any atom is -0.333 e. The summed E-state index contributed by atoms with van der Waals surface area (Å²) in [6.45, 7) is 2.60. The first kappa shape index (κ1) is 25.9. The number of fused-ring (bicyclic) bond motifs is 3. The van der Waals surface area contributed by atoms with Crippen LogP contribution in [-0.4, -0.2) is 69.5 Å². The first-order valence-electron chi connectivity index (χ1n) is 14.0. The minimum absolute atomic E-state index is 0.0623. The van der Waals surface area contributed by atoms with Crippen molar-refractivity contribution in [2.45, 2.75) is 50.5 Å². The lowest BCUT2D eigenvalue weighted by molar-refractivity contribution is -0.136. The van der Waals surface area contributed by atoms with Crippen LogP contribution < -0.4 is 5.32 Å². The van der Waals surface area contributed by atoms with Gasteiger partial charge in [-0.25, -0.2) is 0 Å². The molecule has 1 N–H and O–H groups in total. The topological polar surface area (TPSA) is 90.0 Å². The summed E-state index contributed by atoms with van der Waals surface area (Å²) in [7, 11) is 0. The Hall–Kier alpha value is -4.01. The standard InChI is InChI=1S/C32H29ClN4O4/c33-22-8-6-20(7-9-22)25-3-1-2-4-27(25)32(41)36-18-23-14-24(36)17-35(23)15-19-5-10-26-21(13-19)16-37(31(26)40)28-11-12-29(38)34-30(28)39/h1-10,13,23-24,28H,11-12,14-18H2,(H,34,38,39). The van der Waals surface area contributed by atoms with Crippen LogP contribution in [0, 0.1) is 0 Å². The van der Waals surface area contributed by atoms with Crippen molar-refractivity contribution in [1.82, 2.24) is 20.0 Å². The van der Waals surface area contributed by atoms with E-state index in [1.807, 2.05) is 65.6 Å². The summed E-state index contributed by atoms with van der Waals surface area (Å²) in [4.78, 5) is 56.7. The van der Waals surface area contributed by atoms with Crippen molar-refractivity contribution in [3.8, 4) is 11.1 Å². The number of imide groups is 1. The molecule has 3 aromatic rings. The lowest BCUT2D eigenvalue weighted by Crippen LogP contribution is -2.52. The molecule has 3 fully saturated rings. The largest absolute Gasteiger partial charge is 0.333 e. The molecule has 7 rings (SSSR count). The fourth-order valence-corrected chi connectivity index (χ4v) is 6.98. The number of likely N-dealkylation sites (tertiary alicyclic amines) is 2. The van der Waals surface area contributed by atoms with Crippen molar-refractivity contribution in [3.63, 3.8) is 0 Å². The number of halogens is 1. The van der Waals surface area contributed by atoms with Gasteiger partial charge in [-0.3, -0.25) is 29.4 Å². The van der Waals surface area contributed by atoms with Crippen molar-refractivity contribution in [3.05, 3.63) is 94.0 Å². The second-order valence-corrected chi connectivity index (χ2v) is 11.8. The molecule has 41 heavy (non-hydrogen) atoms. The van der Waals surface area contributed by atoms with Crippen molar-refractivity contribution < 1.29 is 19.2 Å². The van der Waals surface area contributed by atoms with Gasteiger partial charge in [0.15, 0.2) is 0 Å². The number of benzene rings is 3. The maximum absolute atomic E-state index is 13.7. The third-order valence-electron chi connectivity index (χ3n) is 8.90. The first-order valence-corrected chi connectivity index (χ1v) is 14.4. The zero-order valence-electron chi connectivity index (χ0n) is 22.4. The van der Waals surface area contributed by atoms with E-state index in [1.54, 1.807) is 4.90 Å². The van der Waals surface area contributed by atoms with Gasteiger partial charge < -0.3 is 9.80 Å². The van der Waals surface area contributed by atoms with Gasteiger partial charge in [0.1, 0.15) is 6.04 Å². The Morgan fingerprint density at radius 1 is 0.927 bits per heavy atom. The SMILES string of the molecule is O=C1CCC(N2Cc3cc(CN4CC5CC4CN5C(=O)c4ccccc4-c4ccc(Cl)cc4)ccc3C2=O)C(=O)N1. The predicted molar refractivity (Wildman–Crippen MR) is 153 cm³/mol. The second kappa shape index (κ2) is 10.1. The molecule has 3 saturated heterocycles. The van der Waals surface area contributed by atoms with Crippen LogP contribution in [0.5, 0.6) is 0 Å². The van der Waals surface area contributed by atoms with Crippen LogP contribution in [0.25, 0.3) is 11.1 Å². The molecule has 3 unspecified atom stereocenters. The van der Waals surface area contributed by atoms with Gasteiger partial charge >= 0.3 is 0 Å². The van der Waals surface area contributed by atoms with E-state index < -0.39 is 11.9 Å². The highest BCUT2D eigenvalue weighted by molar-refractivity contribution is 6.30. The molecule has 208 valence electrons. The number of piperidine rings is 1. The summed E-state index contributed by atoms with van der Waals surface area (Å²) in [5, 5.41) is 3.02. The number of hydrogen-bond donors (Lipinski definition) is 1. The van der Waals surface area contributed by atoms with Crippen LogP contribution >= 0.6 is 11.6 Å². The molecule has 4 heterocycles. The lowest BCUT2D eigenvalue weighted by atomic mass is 9.98. The molecular weight excluding hydrogens is 540 g/mol. The van der Waals surface area contributed by atoms with E-state index in [-0.39, 0.29) is 36.2 Å². The summed E-state index contributed by atoms with van der Waals surface area (Å²) >= 11 is 6.08. The molecule has 8 nitrogen and oxygen atoms in total. The summed E-state index contributed by atoms with van der Waals surface area (Å²) in [6, 6.07) is 21.1. The Labute approximate surface area is 242 Å². The highest BCUT2D eigenvalue weighted by atomic mass is 35.5. The lowest BCUT2D eigenvalue weighted by Gasteiger charge is -2.34. The smallest absolute Gasteiger partial charge is 0.255 e. The highest BCUT2D eigenvalue weighted by Gasteiger charge is 2.46. The Morgan fingerprint density at radius 2 is 1.73 bits per heavy atom. The number of carbonyl (C=O) groups is 4. The summed E-state index contributed by atoms with van der Waals surface area (Å²) < 4.78 is 0. The first-order chi connectivity index (χ1) is 19.9. The molecule has 4 amide bonds. The Morgan fingerprint density at radius 3 is 2.49 bits per heavy atom. The van der Waals surface area contributed by atoms with Gasteiger partial charge in [-0.2, -0.15) is 0 Å². The van der Waals surface area contributed by atoms with Gasteiger partial charge in [0.05, 0.1) is 0 Å². The van der Waals surface area contributed by atoms with Gasteiger partial charge in [-0.15, -0.1) is 0 Å². The van der Waals surface area contributed by atoms with Crippen LogP contribution in [-0.2, 0) is 22.7 Å². The van der Waals surface area contributed by atoms with E-state index >= 15 is 0 Å². The molecule has 0 aliphatic carbocycles. The third-order valence-corrected chi connectivity index (χ3v) is 9.15. The zero-order chi connectivity index (χ0) is 28.2. The Balaban J connectivity index is 1.02. The fraction of sp³-hybridized carbons (Fsp3) is 0.312. The molecule has 0 saturated carbocycles. The number of amides is 4. The fourth-order valence-electron chi connectivity index (χ4n) is 6.86. The molecule has 0 radical (unpaired) electrons. The van der Waals surface area contributed by atoms with E-state index in [2.05, 4.69) is 16.3 Å². The van der Waals surface area contributed by atoms with Crippen molar-refractivity contribution in [2.24, 2.45) is 0 Å². The third kappa shape index (κ3) is 4.61. The van der Waals surface area contributed by atoms with E-state index in [9.17, 15) is 19.2 Å². The minimum atomic E-state index is -0.612. The maximum atomic E-state index is 13.7. The molecule has 9 heteroatoms. The number of nitrogens with one attached hydrogen (secondary N) is 1. The summed E-state index contributed by atoms with van der Waals surface area (Å²) in [5.41, 5.74) is 5.23. The van der Waals surface area contributed by atoms with E-state index in [0.29, 0.717) is 35.7 Å². The van der Waals surface area contributed by atoms with Crippen LogP contribution in [0.2, 0.25) is 5.02 Å². The quantitative estimate of drug-likeness (QED) is 0.472. The van der Waals surface area contributed by atoms with E-state index in [4.69, 9.17) is 11.6 Å². The maximum Gasteiger partial charge on any atom is 0.255 e. The van der Waals surface area contributed by atoms with Gasteiger partial charge in [-0.1, -0.05) is 54.1 Å². The molecular formula is C32H29ClN4O4. The van der Waals surface area contributed by atoms with Gasteiger partial charge in [-0.05, 0) is 59.4 Å². The molecule has 2 bridgehead atoms. The molecule has 3 aromatic carbocycles. The molecule has 4 aliphatic heterocycles. The predicted octanol–water partition coefficient (Wildman–Crippen LogP) is 3.87. The molecule has 0 spiro atoms. The van der Waals surface area contributed by atoms with Crippen molar-refractivity contribution in [2.75, 3.05) is 13.1 Å². The van der Waals surface area contributed by atoms with E-state index in [0.717, 1.165) is 41.8 Å². The van der Waals surface area contributed by atoms with Crippen molar-refractivity contribution in [1.29, 1.82) is 0 Å². The highest BCUT2D eigenvalue weighted by Crippen LogP contribution is 2.36. The number of piperazine rings is 1. The molecule has 3 atom stereocenters. The number of nitrogens with zero attached hydrogens (tertiary/aromatic N) is 3. The van der Waals surface area contributed by atoms with Crippen LogP contribution in [0.4, 0.5) is 0 Å². The van der Waals surface area contributed by atoms with Crippen LogP contribution in [0.1, 0.15) is 51.1 Å². The average molecular weight is 569 g/mol. The second-order valence-electron chi connectivity index (χ2n) is 11.4. The average Bonchev–Trinajstić information content (AvgIpc) is 3.66. The van der Waals surface area contributed by atoms with E-state index in [1.165, 1.54) is 0 Å². The normalized spacial score (nSPS) is 23.7. The zero-order valence-corrected chi connectivity index (χ0v) is 23.1. The monoisotopic (exact) mass is 568 g/mol. The van der Waals surface area contributed by atoms with Gasteiger partial charge in [0, 0.05) is 60.8 Å². The summed E-state index contributed by atoms with van der Waals surface area (Å²) in [5.74, 6) is -0.782. The van der Waals surface area contributed by atoms with Crippen molar-refractivity contribution >= 4 is 35.2 Å². The van der Waals surface area contributed by atoms with Crippen LogP contribution in [0.15, 0.2) is 66.7 Å². The Bertz CT molecular complexity index is 1590. The Kier molecular flexibility index (Phi) is 6.40. The number of hydrogen-bond acceptors (Lipinski definition) is 5. The molecule has 4 aliphatic rings. The number of carbonyl (C=O) groups excluding carboxylic acids is 4. The van der Waals surface area contributed by atoms with Gasteiger partial charge in [0.25, 0.3) is 11.8 Å². The molecule has 0 aromatic heterocycles. The van der Waals surface area contributed by atoms with Gasteiger partial charge in [0.2, 0.25) is 11.8 Å².